The van der Waals surface area contributed by atoms with E-state index in [1.165, 1.54) is 154 Å². The molecule has 0 aromatic rings. The fraction of sp³-hybridized carbons (Fsp3) is 1.00. The van der Waals surface area contributed by atoms with Gasteiger partial charge >= 0.3 is 15.1 Å². The van der Waals surface area contributed by atoms with E-state index in [9.17, 15) is 0 Å². The van der Waals surface area contributed by atoms with Gasteiger partial charge in [0.2, 0.25) is 0 Å². The molecule has 0 spiro atoms. The smallest absolute Gasteiger partial charge is 0.340 e. The summed E-state index contributed by atoms with van der Waals surface area (Å²) in [7, 11) is 12.4. The number of nitrogens with two attached hydrogens (primary N) is 1. The molecule has 4 fully saturated rings. The van der Waals surface area contributed by atoms with Crippen molar-refractivity contribution < 1.29 is 5.32 Å². The number of hydrogen-bond donors (Lipinski definition) is 1. The maximum atomic E-state index is 7.52. The normalized spacial score (nSPS) is 25.9. The Hall–Kier alpha value is 0.950. The van der Waals surface area contributed by atoms with Crippen molar-refractivity contribution in [3.05, 3.63) is 0 Å². The zero-order valence-electron chi connectivity index (χ0n) is 21.9. The average molecular weight is 488 g/mol. The molecule has 0 saturated heterocycles. The van der Waals surface area contributed by atoms with Crippen LogP contribution in [0, 0.1) is 0 Å². The van der Waals surface area contributed by atoms with Crippen LogP contribution in [0.3, 0.4) is 0 Å². The van der Waals surface area contributed by atoms with Crippen LogP contribution in [0.15, 0.2) is 0 Å². The Morgan fingerprint density at radius 2 is 0.667 bits per heavy atom. The van der Waals surface area contributed by atoms with Crippen molar-refractivity contribution in [2.45, 2.75) is 151 Å². The highest BCUT2D eigenvalue weighted by Crippen LogP contribution is 2.69. The molecule has 0 bridgehead atoms. The summed E-state index contributed by atoms with van der Waals surface area (Å²) >= 11 is 0. The molecule has 0 amide bonds. The summed E-state index contributed by atoms with van der Waals surface area (Å²) in [5.41, 5.74) is 3.59. The van der Waals surface area contributed by atoms with Crippen molar-refractivity contribution in [1.29, 1.82) is 0 Å². The van der Waals surface area contributed by atoms with E-state index < -0.39 is 14.3 Å². The second-order valence-electron chi connectivity index (χ2n) is 12.5. The van der Waals surface area contributed by atoms with Crippen molar-refractivity contribution in [3.8, 4) is 0 Å². The maximum Gasteiger partial charge on any atom is 0.365 e. The van der Waals surface area contributed by atoms with Crippen LogP contribution >= 0.6 is 14.3 Å². The van der Waals surface area contributed by atoms with Gasteiger partial charge < -0.3 is 5.32 Å². The molecule has 33 heavy (non-hydrogen) atoms. The van der Waals surface area contributed by atoms with Gasteiger partial charge in [0.25, 0.3) is 0 Å². The minimum atomic E-state index is -1.31. The van der Waals surface area contributed by atoms with Crippen molar-refractivity contribution in [3.63, 3.8) is 0 Å². The Bertz CT molecular complexity index is 466. The molecule has 0 aromatic heterocycles. The summed E-state index contributed by atoms with van der Waals surface area (Å²) in [6.45, 7) is 2.57. The van der Waals surface area contributed by atoms with E-state index in [2.05, 4.69) is 5.32 Å². The van der Waals surface area contributed by atoms with Crippen molar-refractivity contribution >= 4 is 29.4 Å². The van der Waals surface area contributed by atoms with Crippen LogP contribution in [-0.2, 0) is 0 Å². The summed E-state index contributed by atoms with van der Waals surface area (Å²) in [4.78, 5) is 0. The third kappa shape index (κ3) is 7.04. The molecule has 4 saturated carbocycles. The average Bonchev–Trinajstić information content (AvgIpc) is 2.90. The first kappa shape index (κ1) is 27.0. The maximum absolute atomic E-state index is 7.52. The molecule has 0 heterocycles. The topological polar surface area (TPSA) is 16.6 Å². The predicted octanol–water partition coefficient (Wildman–Crippen LogP) is 7.08. The molecule has 0 atom stereocenters. The number of hydrogen-bond acceptors (Lipinski definition) is 0. The lowest BCUT2D eigenvalue weighted by atomic mass is 9.99. The third-order valence-corrected chi connectivity index (χ3v) is 20.0. The van der Waals surface area contributed by atoms with Gasteiger partial charge in [0, 0.05) is 0 Å². The fourth-order valence-electron chi connectivity index (χ4n) is 8.35. The van der Waals surface area contributed by atoms with E-state index >= 15 is 0 Å². The first-order valence-electron chi connectivity index (χ1n) is 15.3. The SMILES string of the molecule is [B][P+](CC[NH2+]CC[P+]([B])(C1CCCCC1)C1CCCCC1)(C1CCCCC1)C1CCCCC1. The summed E-state index contributed by atoms with van der Waals surface area (Å²) in [6.07, 6.45) is 31.7. The van der Waals surface area contributed by atoms with Gasteiger partial charge in [0.15, 0.2) is 0 Å². The van der Waals surface area contributed by atoms with Gasteiger partial charge in [0.1, 0.15) is 13.1 Å². The fourth-order valence-corrected chi connectivity index (χ4v) is 17.6. The van der Waals surface area contributed by atoms with Crippen LogP contribution in [-0.4, -0.2) is 63.2 Å². The van der Waals surface area contributed by atoms with Crippen molar-refractivity contribution in [1.82, 2.24) is 0 Å². The first-order chi connectivity index (χ1) is 16.1. The zero-order chi connectivity index (χ0) is 23.0. The highest BCUT2D eigenvalue weighted by Gasteiger charge is 2.49. The summed E-state index contributed by atoms with van der Waals surface area (Å²) < 4.78 is 0. The predicted molar refractivity (Wildman–Crippen MR) is 154 cm³/mol. The summed E-state index contributed by atoms with van der Waals surface area (Å²) in [6, 6.07) is 0. The molecule has 0 aliphatic heterocycles. The van der Waals surface area contributed by atoms with E-state index in [1.54, 1.807) is 0 Å². The van der Waals surface area contributed by atoms with Crippen LogP contribution in [0.5, 0.6) is 0 Å². The van der Waals surface area contributed by atoms with Gasteiger partial charge in [-0.1, -0.05) is 25.7 Å². The van der Waals surface area contributed by atoms with Crippen molar-refractivity contribution in [2.24, 2.45) is 0 Å². The number of rotatable bonds is 10. The van der Waals surface area contributed by atoms with Gasteiger partial charge in [-0.15, -0.1) is 0 Å². The quantitative estimate of drug-likeness (QED) is 0.192. The molecule has 4 aliphatic carbocycles. The van der Waals surface area contributed by atoms with Gasteiger partial charge in [0.05, 0.1) is 35.0 Å². The summed E-state index contributed by atoms with van der Waals surface area (Å²) in [5, 5.41) is 2.68. The third-order valence-electron chi connectivity index (χ3n) is 10.5. The van der Waals surface area contributed by atoms with Crippen LogP contribution in [0.25, 0.3) is 0 Å². The molecule has 4 aliphatic rings. The van der Waals surface area contributed by atoms with Gasteiger partial charge in [-0.05, 0) is 117 Å². The van der Waals surface area contributed by atoms with Gasteiger partial charge in [-0.2, -0.15) is 0 Å². The summed E-state index contributed by atoms with van der Waals surface area (Å²) in [5.74, 6) is 0. The molecule has 4 rings (SSSR count). The van der Waals surface area contributed by atoms with Crippen LogP contribution in [0.2, 0.25) is 0 Å². The van der Waals surface area contributed by atoms with Crippen molar-refractivity contribution in [2.75, 3.05) is 25.4 Å². The van der Waals surface area contributed by atoms with Crippen LogP contribution in [0.1, 0.15) is 128 Å². The lowest BCUT2D eigenvalue weighted by Gasteiger charge is -2.42. The second kappa shape index (κ2) is 13.5. The van der Waals surface area contributed by atoms with E-state index in [-0.39, 0.29) is 0 Å². The molecule has 4 radical (unpaired) electrons. The Morgan fingerprint density at radius 3 is 0.909 bits per heavy atom. The zero-order valence-corrected chi connectivity index (χ0v) is 23.7. The largest absolute Gasteiger partial charge is 0.365 e. The Balaban J connectivity index is 1.31. The molecular weight excluding hydrogens is 434 g/mol. The number of quaternary nitrogens is 1. The Morgan fingerprint density at radius 1 is 0.424 bits per heavy atom. The molecule has 2 N–H and O–H groups in total. The molecule has 0 aromatic carbocycles. The lowest BCUT2D eigenvalue weighted by Crippen LogP contribution is -2.86. The highest BCUT2D eigenvalue weighted by atomic mass is 31.2. The second-order valence-corrected chi connectivity index (χ2v) is 20.3. The highest BCUT2D eigenvalue weighted by molar-refractivity contribution is 7.98. The Kier molecular flexibility index (Phi) is 11.0. The minimum absolute atomic E-state index is 0.897. The van der Waals surface area contributed by atoms with E-state index in [0.29, 0.717) is 0 Å². The Labute approximate surface area is 211 Å². The van der Waals surface area contributed by atoms with Gasteiger partial charge in [-0.25, -0.2) is 0 Å². The first-order valence-corrected chi connectivity index (χ1v) is 19.6. The van der Waals surface area contributed by atoms with Crippen LogP contribution < -0.4 is 5.32 Å². The van der Waals surface area contributed by atoms with Gasteiger partial charge in [-0.3, -0.25) is 0 Å². The monoisotopic (exact) mass is 488 g/mol. The molecular formula is C28H54B2NP2+3. The minimum Gasteiger partial charge on any atom is -0.340 e. The van der Waals surface area contributed by atoms with E-state index in [1.807, 2.05) is 0 Å². The van der Waals surface area contributed by atoms with E-state index in [0.717, 1.165) is 22.6 Å². The van der Waals surface area contributed by atoms with E-state index in [4.69, 9.17) is 15.1 Å². The van der Waals surface area contributed by atoms with Crippen LogP contribution in [0.4, 0.5) is 0 Å². The molecule has 0 unspecified atom stereocenters. The molecule has 1 nitrogen and oxygen atoms in total. The standard InChI is InChI=1S/C28H53B2NP2/c29-32(25-13-5-1-6-14-25,26-15-7-2-8-16-26)23-21-31-22-24-33(30,27-17-9-3-10-18-27)28-19-11-4-12-20-28/h25-28,31H,1-24H2/q+2/p+1. The molecule has 5 heteroatoms. The lowest BCUT2D eigenvalue weighted by molar-refractivity contribution is -0.646. The molecule has 184 valence electrons.